The van der Waals surface area contributed by atoms with E-state index in [0.717, 1.165) is 0 Å². The van der Waals surface area contributed by atoms with E-state index in [1.165, 1.54) is 22.2 Å². The summed E-state index contributed by atoms with van der Waals surface area (Å²) in [5.74, 6) is 0. The maximum Gasteiger partial charge on any atom is 0.240 e. The third kappa shape index (κ3) is 2.94. The Kier molecular flexibility index (Phi) is 3.22. The lowest BCUT2D eigenvalue weighted by atomic mass is 10.1. The smallest absolute Gasteiger partial charge is 0.240 e. The van der Waals surface area contributed by atoms with Gasteiger partial charge in [-0.05, 0) is 37.1 Å². The third-order valence-corrected chi connectivity index (χ3v) is 2.09. The van der Waals surface area contributed by atoms with Crippen LogP contribution in [0.15, 0.2) is 18.5 Å². The van der Waals surface area contributed by atoms with Crippen LogP contribution in [0.4, 0.5) is 0 Å². The van der Waals surface area contributed by atoms with Gasteiger partial charge in [0, 0.05) is 0 Å². The minimum Gasteiger partial charge on any atom is -0.356 e. The van der Waals surface area contributed by atoms with Crippen LogP contribution in [0.1, 0.15) is 11.1 Å². The van der Waals surface area contributed by atoms with Crippen molar-refractivity contribution in [2.24, 2.45) is 0 Å². The standard InChI is InChI=1S/C9H10N2.NO3/c1-6-3-8-9(4-7(6)2)11-5-10-8;2-1(3)4/h3-5H,1-2H3,(H,10,11);/q;-1/p+1. The fourth-order valence-electron chi connectivity index (χ4n) is 1.25. The lowest BCUT2D eigenvalue weighted by Gasteiger charge is -1.94. The van der Waals surface area contributed by atoms with Gasteiger partial charge in [0.05, 0.1) is 5.09 Å². The zero-order valence-corrected chi connectivity index (χ0v) is 8.40. The lowest BCUT2D eigenvalue weighted by molar-refractivity contribution is -0.402. The van der Waals surface area contributed by atoms with Crippen LogP contribution in [0.2, 0.25) is 0 Å². The van der Waals surface area contributed by atoms with Crippen molar-refractivity contribution >= 4 is 11.0 Å². The SMILES string of the molecule is Cc1cc2[nH]c[nH+]c2cc1C.O=[N+]([O-])[O-]. The zero-order valence-electron chi connectivity index (χ0n) is 8.40. The Bertz CT molecular complexity index is 438. The summed E-state index contributed by atoms with van der Waals surface area (Å²) >= 11 is 0. The summed E-state index contributed by atoms with van der Waals surface area (Å²) in [4.78, 5) is 14.5. The number of aryl methyl sites for hydroxylation is 2. The number of benzene rings is 1. The topological polar surface area (TPSA) is 96.1 Å². The number of aromatic nitrogens is 2. The van der Waals surface area contributed by atoms with Gasteiger partial charge in [-0.25, -0.2) is 9.97 Å². The van der Waals surface area contributed by atoms with E-state index in [1.54, 1.807) is 0 Å². The highest BCUT2D eigenvalue weighted by atomic mass is 16.9. The normalized spacial score (nSPS) is 9.47. The molecule has 15 heavy (non-hydrogen) atoms. The van der Waals surface area contributed by atoms with E-state index in [-0.39, 0.29) is 0 Å². The van der Waals surface area contributed by atoms with Crippen LogP contribution >= 0.6 is 0 Å². The first kappa shape index (κ1) is 11.0. The number of aromatic amines is 2. The molecular weight excluding hydrogens is 198 g/mol. The minimum absolute atomic E-state index is 1.17. The van der Waals surface area contributed by atoms with Crippen molar-refractivity contribution < 1.29 is 10.1 Å². The highest BCUT2D eigenvalue weighted by Gasteiger charge is 2.02. The Morgan fingerprint density at radius 3 is 2.40 bits per heavy atom. The predicted molar refractivity (Wildman–Crippen MR) is 54.7 cm³/mol. The molecule has 0 aliphatic heterocycles. The molecule has 6 heteroatoms. The van der Waals surface area contributed by atoms with Gasteiger partial charge in [0.15, 0.2) is 11.0 Å². The molecule has 1 aromatic carbocycles. The molecule has 0 aliphatic rings. The van der Waals surface area contributed by atoms with Gasteiger partial charge in [0.25, 0.3) is 0 Å². The average Bonchev–Trinajstić information content (AvgIpc) is 2.51. The summed E-state index contributed by atoms with van der Waals surface area (Å²) in [6, 6.07) is 4.31. The molecule has 0 fully saturated rings. The number of H-pyrrole nitrogens is 2. The van der Waals surface area contributed by atoms with Gasteiger partial charge in [-0.2, -0.15) is 0 Å². The van der Waals surface area contributed by atoms with E-state index in [2.05, 4.69) is 35.9 Å². The first-order valence-electron chi connectivity index (χ1n) is 4.28. The van der Waals surface area contributed by atoms with E-state index < -0.39 is 5.09 Å². The highest BCUT2D eigenvalue weighted by molar-refractivity contribution is 5.72. The molecule has 0 unspecified atom stereocenters. The maximum absolute atomic E-state index is 8.25. The van der Waals surface area contributed by atoms with Crippen molar-refractivity contribution in [1.82, 2.24) is 4.98 Å². The molecule has 0 saturated carbocycles. The molecule has 6 nitrogen and oxygen atoms in total. The molecule has 2 rings (SSSR count). The minimum atomic E-state index is -1.75. The molecule has 1 aromatic heterocycles. The summed E-state index contributed by atoms with van der Waals surface area (Å²) in [6.45, 7) is 4.24. The number of nitrogens with one attached hydrogen (secondary N) is 2. The Balaban J connectivity index is 0.000000245. The van der Waals surface area contributed by atoms with Crippen LogP contribution in [0.3, 0.4) is 0 Å². The van der Waals surface area contributed by atoms with Crippen molar-refractivity contribution in [1.29, 1.82) is 0 Å². The van der Waals surface area contributed by atoms with E-state index in [0.29, 0.717) is 0 Å². The number of hydrogen-bond acceptors (Lipinski definition) is 3. The molecule has 0 aliphatic carbocycles. The fraction of sp³-hybridized carbons (Fsp3) is 0.222. The van der Waals surface area contributed by atoms with Gasteiger partial charge >= 0.3 is 0 Å². The van der Waals surface area contributed by atoms with Gasteiger partial charge in [0.1, 0.15) is 0 Å². The van der Waals surface area contributed by atoms with Crippen LogP contribution in [0.5, 0.6) is 0 Å². The zero-order chi connectivity index (χ0) is 11.4. The van der Waals surface area contributed by atoms with Gasteiger partial charge in [0.2, 0.25) is 6.33 Å². The van der Waals surface area contributed by atoms with Crippen LogP contribution in [-0.2, 0) is 0 Å². The van der Waals surface area contributed by atoms with Crippen molar-refractivity contribution in [3.8, 4) is 0 Å². The molecule has 0 atom stereocenters. The van der Waals surface area contributed by atoms with Gasteiger partial charge in [-0.15, -0.1) is 0 Å². The van der Waals surface area contributed by atoms with Gasteiger partial charge < -0.3 is 15.3 Å². The molecule has 1 heterocycles. The second-order valence-electron chi connectivity index (χ2n) is 3.14. The summed E-state index contributed by atoms with van der Waals surface area (Å²) in [5.41, 5.74) is 5.00. The summed E-state index contributed by atoms with van der Waals surface area (Å²) in [7, 11) is 0. The van der Waals surface area contributed by atoms with Crippen LogP contribution < -0.4 is 4.98 Å². The number of rotatable bonds is 0. The van der Waals surface area contributed by atoms with Crippen molar-refractivity contribution in [3.63, 3.8) is 0 Å². The van der Waals surface area contributed by atoms with Crippen LogP contribution in [0.25, 0.3) is 11.0 Å². The second kappa shape index (κ2) is 4.41. The number of imidazole rings is 1. The lowest BCUT2D eigenvalue weighted by Crippen LogP contribution is -1.94. The third-order valence-electron chi connectivity index (χ3n) is 2.09. The van der Waals surface area contributed by atoms with Gasteiger partial charge in [-0.3, -0.25) is 0 Å². The fourth-order valence-corrected chi connectivity index (χ4v) is 1.25. The summed E-state index contributed by atoms with van der Waals surface area (Å²) in [5, 5.41) is 14.8. The molecule has 0 radical (unpaired) electrons. The predicted octanol–water partition coefficient (Wildman–Crippen LogP) is 1.36. The first-order valence-corrected chi connectivity index (χ1v) is 4.28. The highest BCUT2D eigenvalue weighted by Crippen LogP contribution is 2.12. The Hall–Kier alpha value is -2.11. The molecular formula is C9H11N3O3. The van der Waals surface area contributed by atoms with E-state index >= 15 is 0 Å². The van der Waals surface area contributed by atoms with E-state index in [9.17, 15) is 0 Å². The average molecular weight is 209 g/mol. The largest absolute Gasteiger partial charge is 0.356 e. The molecule has 2 aromatic rings. The summed E-state index contributed by atoms with van der Waals surface area (Å²) < 4.78 is 0. The number of nitrogens with zero attached hydrogens (tertiary/aromatic N) is 1. The molecule has 0 bridgehead atoms. The Morgan fingerprint density at radius 2 is 1.80 bits per heavy atom. The van der Waals surface area contributed by atoms with E-state index in [1.807, 2.05) is 6.33 Å². The van der Waals surface area contributed by atoms with Crippen molar-refractivity contribution in [2.75, 3.05) is 0 Å². The van der Waals surface area contributed by atoms with Crippen LogP contribution in [-0.4, -0.2) is 10.1 Å². The second-order valence-corrected chi connectivity index (χ2v) is 3.14. The van der Waals surface area contributed by atoms with Crippen LogP contribution in [0, 0.1) is 29.2 Å². The van der Waals surface area contributed by atoms with Gasteiger partial charge in [-0.1, -0.05) is 0 Å². The number of fused-ring (bicyclic) bond motifs is 1. The van der Waals surface area contributed by atoms with E-state index in [4.69, 9.17) is 15.3 Å². The molecule has 0 amide bonds. The molecule has 0 spiro atoms. The monoisotopic (exact) mass is 209 g/mol. The maximum atomic E-state index is 8.25. The van der Waals surface area contributed by atoms with Crippen molar-refractivity contribution in [2.45, 2.75) is 13.8 Å². The molecule has 0 saturated heterocycles. The quantitative estimate of drug-likeness (QED) is 0.524. The molecule has 80 valence electrons. The Labute approximate surface area is 85.7 Å². The molecule has 2 N–H and O–H groups in total. The number of hydrogen-bond donors (Lipinski definition) is 1. The van der Waals surface area contributed by atoms with Crippen molar-refractivity contribution in [3.05, 3.63) is 44.9 Å². The first-order chi connectivity index (χ1) is 7.00. The Morgan fingerprint density at radius 1 is 1.27 bits per heavy atom. The summed E-state index contributed by atoms with van der Waals surface area (Å²) in [6.07, 6.45) is 1.85.